The van der Waals surface area contributed by atoms with Gasteiger partial charge in [-0.05, 0) is 47.7 Å². The number of hydrogen-bond acceptors (Lipinski definition) is 5. The van der Waals surface area contributed by atoms with Crippen molar-refractivity contribution in [1.29, 1.82) is 0 Å². The van der Waals surface area contributed by atoms with Crippen LogP contribution in [-0.4, -0.2) is 38.1 Å². The van der Waals surface area contributed by atoms with Crippen LogP contribution in [0.5, 0.6) is 5.75 Å². The van der Waals surface area contributed by atoms with E-state index in [0.29, 0.717) is 18.0 Å². The van der Waals surface area contributed by atoms with E-state index in [2.05, 4.69) is 21.8 Å². The molecule has 0 spiro atoms. The largest absolute Gasteiger partial charge is 0.497 e. The maximum absolute atomic E-state index is 13.2. The number of hydrogen-bond donors (Lipinski definition) is 1. The molecule has 0 amide bonds. The topological polar surface area (TPSA) is 80.6 Å². The molecule has 0 saturated carbocycles. The van der Waals surface area contributed by atoms with Crippen molar-refractivity contribution < 1.29 is 13.2 Å². The Morgan fingerprint density at radius 1 is 0.941 bits per heavy atom. The lowest BCUT2D eigenvalue weighted by molar-refractivity contribution is 0.114. The summed E-state index contributed by atoms with van der Waals surface area (Å²) in [5.41, 5.74) is 2.77. The van der Waals surface area contributed by atoms with Crippen LogP contribution < -0.4 is 15.0 Å². The van der Waals surface area contributed by atoms with Crippen molar-refractivity contribution in [3.05, 3.63) is 93.9 Å². The molecule has 1 aromatic heterocycles. The van der Waals surface area contributed by atoms with Crippen LogP contribution >= 0.6 is 0 Å². The van der Waals surface area contributed by atoms with Gasteiger partial charge < -0.3 is 9.30 Å². The minimum atomic E-state index is -3.68. The molecule has 2 aliphatic heterocycles. The van der Waals surface area contributed by atoms with Crippen LogP contribution in [-0.2, 0) is 28.9 Å². The molecule has 2 bridgehead atoms. The molecule has 0 unspecified atom stereocenters. The number of methoxy groups -OCH3 is 1. The fourth-order valence-corrected chi connectivity index (χ4v) is 6.43. The maximum Gasteiger partial charge on any atom is 0.275 e. The molecule has 34 heavy (non-hydrogen) atoms. The van der Waals surface area contributed by atoms with E-state index < -0.39 is 10.0 Å². The number of benzene rings is 2. The van der Waals surface area contributed by atoms with Gasteiger partial charge in [-0.2, -0.15) is 0 Å². The fourth-order valence-electron chi connectivity index (χ4n) is 5.24. The summed E-state index contributed by atoms with van der Waals surface area (Å²) >= 11 is 0. The van der Waals surface area contributed by atoms with E-state index in [1.165, 1.54) is 5.56 Å². The Morgan fingerprint density at radius 3 is 2.44 bits per heavy atom. The first kappa shape index (κ1) is 22.7. The summed E-state index contributed by atoms with van der Waals surface area (Å²) in [6.45, 7) is 3.26. The monoisotopic (exact) mass is 479 g/mol. The molecule has 2 aromatic carbocycles. The van der Waals surface area contributed by atoms with E-state index >= 15 is 0 Å². The van der Waals surface area contributed by atoms with Crippen molar-refractivity contribution in [3.63, 3.8) is 0 Å². The van der Waals surface area contributed by atoms with Gasteiger partial charge in [0.1, 0.15) is 11.4 Å². The average Bonchev–Trinajstić information content (AvgIpc) is 2.82. The molecule has 8 heteroatoms. The van der Waals surface area contributed by atoms with Crippen molar-refractivity contribution in [2.24, 2.45) is 5.92 Å². The molecule has 1 fully saturated rings. The molecule has 1 saturated heterocycles. The summed E-state index contributed by atoms with van der Waals surface area (Å²) in [5.74, 6) is 1.30. The molecule has 5 rings (SSSR count). The SMILES string of the molecule is COc1ccc(CN2C[C@@H]3C[C@H](C2)c2ccc(NS(=O)(=O)Cc4ccccc4)c(=O)n2C3)cc1. The third-order valence-electron chi connectivity index (χ3n) is 6.71. The first-order chi connectivity index (χ1) is 16.4. The lowest BCUT2D eigenvalue weighted by Crippen LogP contribution is -2.47. The molecule has 178 valence electrons. The molecule has 0 radical (unpaired) electrons. The van der Waals surface area contributed by atoms with Crippen LogP contribution in [0.25, 0.3) is 0 Å². The van der Waals surface area contributed by atoms with Crippen LogP contribution in [0.2, 0.25) is 0 Å². The van der Waals surface area contributed by atoms with Gasteiger partial charge in [-0.15, -0.1) is 0 Å². The zero-order valence-corrected chi connectivity index (χ0v) is 20.0. The highest BCUT2D eigenvalue weighted by molar-refractivity contribution is 7.91. The van der Waals surface area contributed by atoms with Gasteiger partial charge in [-0.25, -0.2) is 8.42 Å². The number of anilines is 1. The number of piperidine rings is 1. The summed E-state index contributed by atoms with van der Waals surface area (Å²) in [5, 5.41) is 0. The third kappa shape index (κ3) is 4.88. The highest BCUT2D eigenvalue weighted by Crippen LogP contribution is 2.36. The van der Waals surface area contributed by atoms with Gasteiger partial charge in [0.15, 0.2) is 0 Å². The molecule has 1 N–H and O–H groups in total. The summed E-state index contributed by atoms with van der Waals surface area (Å²) < 4.78 is 34.9. The summed E-state index contributed by atoms with van der Waals surface area (Å²) in [7, 11) is -2.02. The molecular weight excluding hydrogens is 450 g/mol. The Morgan fingerprint density at radius 2 is 1.71 bits per heavy atom. The zero-order valence-electron chi connectivity index (χ0n) is 19.2. The average molecular weight is 480 g/mol. The van der Waals surface area contributed by atoms with Gasteiger partial charge in [0, 0.05) is 37.8 Å². The molecular formula is C26H29N3O4S. The first-order valence-corrected chi connectivity index (χ1v) is 13.2. The summed E-state index contributed by atoms with van der Waals surface area (Å²) in [6, 6.07) is 20.7. The Bertz CT molecular complexity index is 1320. The summed E-state index contributed by atoms with van der Waals surface area (Å²) in [6.07, 6.45) is 1.05. The highest BCUT2D eigenvalue weighted by atomic mass is 32.2. The smallest absolute Gasteiger partial charge is 0.275 e. The van der Waals surface area contributed by atoms with Gasteiger partial charge in [0.05, 0.1) is 12.9 Å². The van der Waals surface area contributed by atoms with Crippen molar-refractivity contribution in [1.82, 2.24) is 9.47 Å². The molecule has 2 aliphatic rings. The second kappa shape index (κ2) is 9.27. The minimum Gasteiger partial charge on any atom is -0.497 e. The van der Waals surface area contributed by atoms with E-state index in [1.54, 1.807) is 42.0 Å². The lowest BCUT2D eigenvalue weighted by atomic mass is 9.83. The Balaban J connectivity index is 1.32. The van der Waals surface area contributed by atoms with Crippen LogP contribution in [0.4, 0.5) is 5.69 Å². The Labute approximate surface area is 200 Å². The quantitative estimate of drug-likeness (QED) is 0.562. The van der Waals surface area contributed by atoms with Gasteiger partial charge >= 0.3 is 0 Å². The maximum atomic E-state index is 13.2. The van der Waals surface area contributed by atoms with E-state index in [0.717, 1.165) is 37.5 Å². The predicted octanol–water partition coefficient (Wildman–Crippen LogP) is 3.42. The van der Waals surface area contributed by atoms with E-state index in [9.17, 15) is 13.2 Å². The lowest BCUT2D eigenvalue weighted by Gasteiger charge is -2.43. The number of pyridine rings is 1. The van der Waals surface area contributed by atoms with Crippen LogP contribution in [0.3, 0.4) is 0 Å². The molecule has 7 nitrogen and oxygen atoms in total. The second-order valence-electron chi connectivity index (χ2n) is 9.28. The Hall–Kier alpha value is -3.10. The van der Waals surface area contributed by atoms with E-state index in [4.69, 9.17) is 4.74 Å². The van der Waals surface area contributed by atoms with Crippen LogP contribution in [0.15, 0.2) is 71.5 Å². The van der Waals surface area contributed by atoms with Gasteiger partial charge in [-0.1, -0.05) is 42.5 Å². The normalized spacial score (nSPS) is 19.9. The second-order valence-corrected chi connectivity index (χ2v) is 11.0. The van der Waals surface area contributed by atoms with Crippen LogP contribution in [0, 0.1) is 5.92 Å². The van der Waals surface area contributed by atoms with E-state index in [-0.39, 0.29) is 22.9 Å². The number of ether oxygens (including phenoxy) is 1. The number of sulfonamides is 1. The summed E-state index contributed by atoms with van der Waals surface area (Å²) in [4.78, 5) is 15.7. The van der Waals surface area contributed by atoms with Gasteiger partial charge in [-0.3, -0.25) is 14.4 Å². The number of aromatic nitrogens is 1. The van der Waals surface area contributed by atoms with Crippen molar-refractivity contribution in [2.45, 2.75) is 31.2 Å². The zero-order chi connectivity index (χ0) is 23.7. The van der Waals surface area contributed by atoms with Crippen molar-refractivity contribution in [2.75, 3.05) is 24.9 Å². The number of nitrogens with zero attached hydrogens (tertiary/aromatic N) is 2. The molecule has 0 aliphatic carbocycles. The van der Waals surface area contributed by atoms with Gasteiger partial charge in [0.2, 0.25) is 10.0 Å². The Kier molecular flexibility index (Phi) is 6.18. The molecule has 2 atom stereocenters. The first-order valence-electron chi connectivity index (χ1n) is 11.5. The third-order valence-corrected chi connectivity index (χ3v) is 7.95. The molecule has 3 heterocycles. The van der Waals surface area contributed by atoms with Crippen LogP contribution in [0.1, 0.15) is 29.2 Å². The highest BCUT2D eigenvalue weighted by Gasteiger charge is 2.35. The standard InChI is InChI=1S/C26H29N3O4S/c1-33-23-9-7-19(8-10-23)14-28-15-21-13-22(17-28)25-12-11-24(26(30)29(25)16-21)27-34(31,32)18-20-5-3-2-4-6-20/h2-12,21-22,27H,13-18H2,1H3/t21-,22+/m0/s1. The number of fused-ring (bicyclic) bond motifs is 4. The number of likely N-dealkylation sites (tertiary alicyclic amines) is 1. The number of rotatable bonds is 7. The minimum absolute atomic E-state index is 0.120. The molecule has 3 aromatic rings. The van der Waals surface area contributed by atoms with E-state index in [1.807, 2.05) is 24.3 Å². The van der Waals surface area contributed by atoms with Crippen molar-refractivity contribution >= 4 is 15.7 Å². The predicted molar refractivity (Wildman–Crippen MR) is 133 cm³/mol. The number of nitrogens with one attached hydrogen (secondary N) is 1. The fraction of sp³-hybridized carbons (Fsp3) is 0.346. The van der Waals surface area contributed by atoms with Crippen molar-refractivity contribution in [3.8, 4) is 5.75 Å². The van der Waals surface area contributed by atoms with Gasteiger partial charge in [0.25, 0.3) is 5.56 Å².